The SMILES string of the molecule is O=S(=O)(OCC(F)(F)F)c1ccc(Br)cc1Br. The standard InChI is InChI=1S/C8H5Br2F3O3S/c9-5-1-2-7(6(10)3-5)17(14,15)16-4-8(11,12)13/h1-3H,4H2. The maximum absolute atomic E-state index is 11.9. The van der Waals surface area contributed by atoms with Crippen LogP contribution in [0.3, 0.4) is 0 Å². The summed E-state index contributed by atoms with van der Waals surface area (Å²) in [5.41, 5.74) is 0. The van der Waals surface area contributed by atoms with E-state index >= 15 is 0 Å². The Bertz CT molecular complexity index is 513. The first kappa shape index (κ1) is 14.9. The lowest BCUT2D eigenvalue weighted by Gasteiger charge is -2.09. The van der Waals surface area contributed by atoms with E-state index in [0.29, 0.717) is 4.47 Å². The molecule has 0 atom stereocenters. The average Bonchev–Trinajstić information content (AvgIpc) is 2.13. The smallest absolute Gasteiger partial charge is 0.257 e. The number of hydrogen-bond acceptors (Lipinski definition) is 3. The van der Waals surface area contributed by atoms with Crippen molar-refractivity contribution in [2.24, 2.45) is 0 Å². The van der Waals surface area contributed by atoms with Crippen LogP contribution in [0.2, 0.25) is 0 Å². The highest BCUT2D eigenvalue weighted by atomic mass is 79.9. The van der Waals surface area contributed by atoms with Crippen molar-refractivity contribution in [1.29, 1.82) is 0 Å². The molecule has 0 saturated carbocycles. The van der Waals surface area contributed by atoms with Gasteiger partial charge in [-0.15, -0.1) is 0 Å². The monoisotopic (exact) mass is 396 g/mol. The lowest BCUT2D eigenvalue weighted by atomic mass is 10.4. The van der Waals surface area contributed by atoms with E-state index < -0.39 is 22.9 Å². The van der Waals surface area contributed by atoms with Crippen molar-refractivity contribution < 1.29 is 25.8 Å². The zero-order valence-corrected chi connectivity index (χ0v) is 12.0. The van der Waals surface area contributed by atoms with Gasteiger partial charge in [0.2, 0.25) is 0 Å². The molecule has 0 N–H and O–H groups in total. The molecule has 17 heavy (non-hydrogen) atoms. The number of alkyl halides is 3. The summed E-state index contributed by atoms with van der Waals surface area (Å²) in [7, 11) is -4.43. The third-order valence-corrected chi connectivity index (χ3v) is 4.28. The summed E-state index contributed by atoms with van der Waals surface area (Å²) in [5.74, 6) is 0. The Hall–Kier alpha value is -0.120. The normalized spacial score (nSPS) is 12.8. The molecule has 0 spiro atoms. The predicted octanol–water partition coefficient (Wildman–Crippen LogP) is 3.48. The van der Waals surface area contributed by atoms with E-state index in [0.717, 1.165) is 6.07 Å². The van der Waals surface area contributed by atoms with Gasteiger partial charge in [-0.3, -0.25) is 4.18 Å². The molecule has 0 saturated heterocycles. The topological polar surface area (TPSA) is 43.4 Å². The first-order valence-electron chi connectivity index (χ1n) is 4.03. The molecule has 0 unspecified atom stereocenters. The van der Waals surface area contributed by atoms with Crippen molar-refractivity contribution in [3.8, 4) is 0 Å². The molecule has 1 aromatic carbocycles. The highest BCUT2D eigenvalue weighted by Gasteiger charge is 2.32. The Morgan fingerprint density at radius 1 is 1.24 bits per heavy atom. The van der Waals surface area contributed by atoms with Crippen LogP contribution in [-0.2, 0) is 14.3 Å². The summed E-state index contributed by atoms with van der Waals surface area (Å²) in [6.07, 6.45) is -4.70. The van der Waals surface area contributed by atoms with Gasteiger partial charge in [0, 0.05) is 8.95 Å². The molecule has 3 nitrogen and oxygen atoms in total. The molecule has 1 aromatic rings. The Labute approximate surface area is 112 Å². The second-order valence-electron chi connectivity index (χ2n) is 2.91. The van der Waals surface area contributed by atoms with E-state index in [1.165, 1.54) is 12.1 Å². The number of halogens is 5. The van der Waals surface area contributed by atoms with E-state index in [1.807, 2.05) is 0 Å². The molecule has 0 amide bonds. The van der Waals surface area contributed by atoms with Gasteiger partial charge in [-0.05, 0) is 34.1 Å². The second-order valence-corrected chi connectivity index (χ2v) is 6.26. The molecule has 0 fully saturated rings. The summed E-state index contributed by atoms with van der Waals surface area (Å²) < 4.78 is 63.1. The van der Waals surface area contributed by atoms with Gasteiger partial charge in [0.15, 0.2) is 6.61 Å². The molecule has 0 bridgehead atoms. The average molecular weight is 398 g/mol. The molecule has 0 radical (unpaired) electrons. The van der Waals surface area contributed by atoms with Crippen LogP contribution in [-0.4, -0.2) is 21.2 Å². The Morgan fingerprint density at radius 3 is 2.29 bits per heavy atom. The minimum atomic E-state index is -4.70. The van der Waals surface area contributed by atoms with Gasteiger partial charge in [-0.1, -0.05) is 15.9 Å². The summed E-state index contributed by atoms with van der Waals surface area (Å²) in [6, 6.07) is 3.91. The van der Waals surface area contributed by atoms with Gasteiger partial charge in [0.25, 0.3) is 10.1 Å². The Balaban J connectivity index is 2.98. The fourth-order valence-corrected chi connectivity index (χ4v) is 3.48. The molecule has 0 aliphatic heterocycles. The van der Waals surface area contributed by atoms with Gasteiger partial charge >= 0.3 is 6.18 Å². The molecular weight excluding hydrogens is 393 g/mol. The van der Waals surface area contributed by atoms with Gasteiger partial charge in [-0.2, -0.15) is 21.6 Å². The first-order chi connectivity index (χ1) is 7.62. The quantitative estimate of drug-likeness (QED) is 0.733. The van der Waals surface area contributed by atoms with Crippen LogP contribution in [0.15, 0.2) is 32.0 Å². The number of rotatable bonds is 3. The zero-order chi connectivity index (χ0) is 13.3. The molecule has 9 heteroatoms. The van der Waals surface area contributed by atoms with E-state index in [1.54, 1.807) is 0 Å². The second kappa shape index (κ2) is 5.25. The lowest BCUT2D eigenvalue weighted by Crippen LogP contribution is -2.20. The van der Waals surface area contributed by atoms with Crippen LogP contribution in [0.25, 0.3) is 0 Å². The lowest BCUT2D eigenvalue weighted by molar-refractivity contribution is -0.152. The molecular formula is C8H5Br2F3O3S. The van der Waals surface area contributed by atoms with Crippen LogP contribution < -0.4 is 0 Å². The van der Waals surface area contributed by atoms with E-state index in [-0.39, 0.29) is 9.37 Å². The van der Waals surface area contributed by atoms with Crippen LogP contribution in [0, 0.1) is 0 Å². The first-order valence-corrected chi connectivity index (χ1v) is 7.02. The summed E-state index contributed by atoms with van der Waals surface area (Å²) in [5, 5.41) is 0. The third-order valence-electron chi connectivity index (χ3n) is 1.54. The van der Waals surface area contributed by atoms with E-state index in [2.05, 4.69) is 36.0 Å². The largest absolute Gasteiger partial charge is 0.413 e. The maximum atomic E-state index is 11.9. The molecule has 0 aliphatic carbocycles. The molecule has 1 rings (SSSR count). The van der Waals surface area contributed by atoms with E-state index in [4.69, 9.17) is 0 Å². The van der Waals surface area contributed by atoms with Crippen molar-refractivity contribution >= 4 is 42.0 Å². The van der Waals surface area contributed by atoms with Crippen molar-refractivity contribution in [3.63, 3.8) is 0 Å². The highest BCUT2D eigenvalue weighted by molar-refractivity contribution is 9.11. The maximum Gasteiger partial charge on any atom is 0.413 e. The van der Waals surface area contributed by atoms with Crippen LogP contribution >= 0.6 is 31.9 Å². The number of hydrogen-bond donors (Lipinski definition) is 0. The van der Waals surface area contributed by atoms with Crippen molar-refractivity contribution in [2.45, 2.75) is 11.1 Å². The zero-order valence-electron chi connectivity index (χ0n) is 7.96. The third kappa shape index (κ3) is 4.57. The highest BCUT2D eigenvalue weighted by Crippen LogP contribution is 2.28. The fraction of sp³-hybridized carbons (Fsp3) is 0.250. The summed E-state index contributed by atoms with van der Waals surface area (Å²) >= 11 is 6.02. The minimum absolute atomic E-state index is 0.119. The van der Waals surface area contributed by atoms with Crippen LogP contribution in [0.1, 0.15) is 0 Å². The van der Waals surface area contributed by atoms with Crippen molar-refractivity contribution in [3.05, 3.63) is 27.1 Å². The fourth-order valence-electron chi connectivity index (χ4n) is 0.886. The Kier molecular flexibility index (Phi) is 4.61. The predicted molar refractivity (Wildman–Crippen MR) is 61.0 cm³/mol. The van der Waals surface area contributed by atoms with Crippen LogP contribution in [0.5, 0.6) is 0 Å². The summed E-state index contributed by atoms with van der Waals surface area (Å²) in [6.45, 7) is -1.85. The minimum Gasteiger partial charge on any atom is -0.257 e. The molecule has 0 heterocycles. The van der Waals surface area contributed by atoms with Gasteiger partial charge in [0.1, 0.15) is 4.90 Å². The van der Waals surface area contributed by atoms with Crippen LogP contribution in [0.4, 0.5) is 13.2 Å². The van der Waals surface area contributed by atoms with Crippen molar-refractivity contribution in [2.75, 3.05) is 6.61 Å². The molecule has 0 aliphatic rings. The van der Waals surface area contributed by atoms with Gasteiger partial charge in [-0.25, -0.2) is 0 Å². The van der Waals surface area contributed by atoms with E-state index in [9.17, 15) is 21.6 Å². The van der Waals surface area contributed by atoms with Gasteiger partial charge < -0.3 is 0 Å². The number of benzene rings is 1. The molecule has 0 aromatic heterocycles. The van der Waals surface area contributed by atoms with Gasteiger partial charge in [0.05, 0.1) is 0 Å². The molecule has 96 valence electrons. The Morgan fingerprint density at radius 2 is 1.82 bits per heavy atom. The summed E-state index contributed by atoms with van der Waals surface area (Å²) in [4.78, 5) is -0.357. The van der Waals surface area contributed by atoms with Crippen molar-refractivity contribution in [1.82, 2.24) is 0 Å².